The zero-order valence-electron chi connectivity index (χ0n) is 11.9. The molecule has 0 spiro atoms. The molecule has 0 radical (unpaired) electrons. The number of rotatable bonds is 4. The van der Waals surface area contributed by atoms with Crippen LogP contribution >= 0.6 is 0 Å². The number of nitrogens with zero attached hydrogens (tertiary/aromatic N) is 1. The van der Waals surface area contributed by atoms with E-state index in [4.69, 9.17) is 5.73 Å². The fraction of sp³-hybridized carbons (Fsp3) is 1.00. The molecular formula is C15H30N2. The average Bonchev–Trinajstić information content (AvgIpc) is 3.13. The first-order chi connectivity index (χ1) is 8.08. The fourth-order valence-electron chi connectivity index (χ4n) is 3.56. The van der Waals surface area contributed by atoms with Crippen molar-refractivity contribution in [3.8, 4) is 0 Å². The Kier molecular flexibility index (Phi) is 4.14. The van der Waals surface area contributed by atoms with Gasteiger partial charge in [0.05, 0.1) is 0 Å². The van der Waals surface area contributed by atoms with Crippen molar-refractivity contribution in [2.45, 2.75) is 58.4 Å². The molecule has 2 heteroatoms. The molecule has 0 bridgehead atoms. The van der Waals surface area contributed by atoms with Crippen molar-refractivity contribution in [1.29, 1.82) is 0 Å². The molecule has 2 rings (SSSR count). The van der Waals surface area contributed by atoms with E-state index in [0.29, 0.717) is 5.54 Å². The van der Waals surface area contributed by atoms with Crippen molar-refractivity contribution in [3.63, 3.8) is 0 Å². The van der Waals surface area contributed by atoms with E-state index in [0.717, 1.165) is 24.3 Å². The molecule has 1 heterocycles. The SMILES string of the molecule is CC(C)C1CCCN(C(C)(CN)C2CC2)CC1. The topological polar surface area (TPSA) is 29.3 Å². The third-order valence-corrected chi connectivity index (χ3v) is 5.31. The van der Waals surface area contributed by atoms with Gasteiger partial charge in [-0.05, 0) is 69.9 Å². The average molecular weight is 238 g/mol. The van der Waals surface area contributed by atoms with Crippen LogP contribution in [0.3, 0.4) is 0 Å². The van der Waals surface area contributed by atoms with Crippen molar-refractivity contribution in [2.75, 3.05) is 19.6 Å². The van der Waals surface area contributed by atoms with Gasteiger partial charge >= 0.3 is 0 Å². The van der Waals surface area contributed by atoms with E-state index in [2.05, 4.69) is 25.7 Å². The number of hydrogen-bond acceptors (Lipinski definition) is 2. The van der Waals surface area contributed by atoms with Crippen molar-refractivity contribution < 1.29 is 0 Å². The monoisotopic (exact) mass is 238 g/mol. The van der Waals surface area contributed by atoms with Gasteiger partial charge in [-0.25, -0.2) is 0 Å². The van der Waals surface area contributed by atoms with Gasteiger partial charge in [0.15, 0.2) is 0 Å². The van der Waals surface area contributed by atoms with E-state index < -0.39 is 0 Å². The van der Waals surface area contributed by atoms with Crippen LogP contribution in [0.1, 0.15) is 52.9 Å². The molecular weight excluding hydrogens is 208 g/mol. The second-order valence-electron chi connectivity index (χ2n) is 6.76. The van der Waals surface area contributed by atoms with Crippen LogP contribution in [0.4, 0.5) is 0 Å². The Morgan fingerprint density at radius 3 is 2.41 bits per heavy atom. The van der Waals surface area contributed by atoms with E-state index in [1.54, 1.807) is 0 Å². The van der Waals surface area contributed by atoms with Gasteiger partial charge in [0.2, 0.25) is 0 Å². The third-order valence-electron chi connectivity index (χ3n) is 5.31. The molecule has 0 aromatic carbocycles. The minimum atomic E-state index is 0.297. The lowest BCUT2D eigenvalue weighted by atomic mass is 9.89. The van der Waals surface area contributed by atoms with E-state index in [1.807, 2.05) is 0 Å². The van der Waals surface area contributed by atoms with Gasteiger partial charge in [-0.3, -0.25) is 4.90 Å². The van der Waals surface area contributed by atoms with Gasteiger partial charge in [0.1, 0.15) is 0 Å². The molecule has 0 aromatic heterocycles. The molecule has 100 valence electrons. The van der Waals surface area contributed by atoms with Crippen LogP contribution in [0, 0.1) is 17.8 Å². The summed E-state index contributed by atoms with van der Waals surface area (Å²) < 4.78 is 0. The smallest absolute Gasteiger partial charge is 0.0331 e. The first-order valence-electron chi connectivity index (χ1n) is 7.53. The summed E-state index contributed by atoms with van der Waals surface area (Å²) in [5.41, 5.74) is 6.38. The lowest BCUT2D eigenvalue weighted by molar-refractivity contribution is 0.0910. The Hall–Kier alpha value is -0.0800. The summed E-state index contributed by atoms with van der Waals surface area (Å²) in [7, 11) is 0. The zero-order valence-corrected chi connectivity index (χ0v) is 11.9. The van der Waals surface area contributed by atoms with Gasteiger partial charge in [-0.2, -0.15) is 0 Å². The quantitative estimate of drug-likeness (QED) is 0.816. The predicted octanol–water partition coefficient (Wildman–Crippen LogP) is 2.87. The first kappa shape index (κ1) is 13.4. The van der Waals surface area contributed by atoms with E-state index in [9.17, 15) is 0 Å². The van der Waals surface area contributed by atoms with Crippen molar-refractivity contribution in [3.05, 3.63) is 0 Å². The Morgan fingerprint density at radius 2 is 1.88 bits per heavy atom. The van der Waals surface area contributed by atoms with E-state index in [1.165, 1.54) is 45.2 Å². The summed E-state index contributed by atoms with van der Waals surface area (Å²) in [4.78, 5) is 2.72. The Labute approximate surface area is 107 Å². The molecule has 2 nitrogen and oxygen atoms in total. The lowest BCUT2D eigenvalue weighted by Gasteiger charge is -2.41. The maximum absolute atomic E-state index is 6.08. The first-order valence-corrected chi connectivity index (χ1v) is 7.53. The largest absolute Gasteiger partial charge is 0.329 e. The minimum absolute atomic E-state index is 0.297. The molecule has 2 unspecified atom stereocenters. The highest BCUT2D eigenvalue weighted by Crippen LogP contribution is 2.43. The van der Waals surface area contributed by atoms with Gasteiger partial charge < -0.3 is 5.73 Å². The minimum Gasteiger partial charge on any atom is -0.329 e. The summed E-state index contributed by atoms with van der Waals surface area (Å²) >= 11 is 0. The summed E-state index contributed by atoms with van der Waals surface area (Å²) in [6.07, 6.45) is 6.96. The van der Waals surface area contributed by atoms with Crippen LogP contribution in [-0.2, 0) is 0 Å². The van der Waals surface area contributed by atoms with Crippen LogP contribution in [-0.4, -0.2) is 30.1 Å². The molecule has 1 saturated heterocycles. The highest BCUT2D eigenvalue weighted by molar-refractivity contribution is 5.00. The second-order valence-corrected chi connectivity index (χ2v) is 6.76. The third kappa shape index (κ3) is 2.85. The molecule has 1 aliphatic heterocycles. The predicted molar refractivity (Wildman–Crippen MR) is 73.9 cm³/mol. The maximum Gasteiger partial charge on any atom is 0.0331 e. The lowest BCUT2D eigenvalue weighted by Crippen LogP contribution is -2.53. The number of hydrogen-bond donors (Lipinski definition) is 1. The van der Waals surface area contributed by atoms with Crippen molar-refractivity contribution in [2.24, 2.45) is 23.5 Å². The maximum atomic E-state index is 6.08. The molecule has 0 amide bonds. The molecule has 2 N–H and O–H groups in total. The van der Waals surface area contributed by atoms with Crippen LogP contribution in [0.25, 0.3) is 0 Å². The number of nitrogens with two attached hydrogens (primary N) is 1. The van der Waals surface area contributed by atoms with Gasteiger partial charge in [0.25, 0.3) is 0 Å². The van der Waals surface area contributed by atoms with Gasteiger partial charge in [-0.15, -0.1) is 0 Å². The summed E-state index contributed by atoms with van der Waals surface area (Å²) in [6, 6.07) is 0. The number of likely N-dealkylation sites (tertiary alicyclic amines) is 1. The van der Waals surface area contributed by atoms with Gasteiger partial charge in [-0.1, -0.05) is 13.8 Å². The Balaban J connectivity index is 1.97. The fourth-order valence-corrected chi connectivity index (χ4v) is 3.56. The van der Waals surface area contributed by atoms with Crippen molar-refractivity contribution in [1.82, 2.24) is 4.90 Å². The molecule has 0 aromatic rings. The molecule has 1 saturated carbocycles. The van der Waals surface area contributed by atoms with Crippen LogP contribution < -0.4 is 5.73 Å². The zero-order chi connectivity index (χ0) is 12.5. The highest BCUT2D eigenvalue weighted by Gasteiger charge is 2.44. The van der Waals surface area contributed by atoms with E-state index >= 15 is 0 Å². The van der Waals surface area contributed by atoms with E-state index in [-0.39, 0.29) is 0 Å². The molecule has 2 atom stereocenters. The van der Waals surface area contributed by atoms with Crippen LogP contribution in [0.5, 0.6) is 0 Å². The molecule has 1 aliphatic carbocycles. The second kappa shape index (κ2) is 5.27. The molecule has 17 heavy (non-hydrogen) atoms. The molecule has 2 aliphatic rings. The molecule has 2 fully saturated rings. The van der Waals surface area contributed by atoms with Crippen LogP contribution in [0.15, 0.2) is 0 Å². The summed E-state index contributed by atoms with van der Waals surface area (Å²) in [5, 5.41) is 0. The Morgan fingerprint density at radius 1 is 1.18 bits per heavy atom. The van der Waals surface area contributed by atoms with Crippen molar-refractivity contribution >= 4 is 0 Å². The summed E-state index contributed by atoms with van der Waals surface area (Å²) in [6.45, 7) is 10.5. The summed E-state index contributed by atoms with van der Waals surface area (Å²) in [5.74, 6) is 2.66. The highest BCUT2D eigenvalue weighted by atomic mass is 15.2. The van der Waals surface area contributed by atoms with Gasteiger partial charge in [0, 0.05) is 12.1 Å². The van der Waals surface area contributed by atoms with Crippen LogP contribution in [0.2, 0.25) is 0 Å². The normalized spacial score (nSPS) is 31.2. The Bertz CT molecular complexity index is 247. The standard InChI is InChI=1S/C15H30N2/c1-12(2)13-5-4-9-17(10-8-13)15(3,11-16)14-6-7-14/h12-14H,4-11,16H2,1-3H3.